The number of imidazole rings is 1. The van der Waals surface area contributed by atoms with E-state index in [1.54, 1.807) is 0 Å². The smallest absolute Gasteiger partial charge is 0.195 e. The van der Waals surface area contributed by atoms with Crippen LogP contribution < -0.4 is 4.90 Å². The van der Waals surface area contributed by atoms with Crippen LogP contribution in [0.1, 0.15) is 23.2 Å². The molecule has 0 saturated carbocycles. The van der Waals surface area contributed by atoms with Crippen molar-refractivity contribution in [3.8, 4) is 0 Å². The summed E-state index contributed by atoms with van der Waals surface area (Å²) in [4.78, 5) is 17.7. The Morgan fingerprint density at radius 3 is 2.69 bits per heavy atom. The average Bonchev–Trinajstić information content (AvgIpc) is 2.56. The summed E-state index contributed by atoms with van der Waals surface area (Å²) in [7, 11) is 3.98. The summed E-state index contributed by atoms with van der Waals surface area (Å²) >= 11 is 0. The van der Waals surface area contributed by atoms with Crippen molar-refractivity contribution in [2.24, 2.45) is 0 Å². The lowest BCUT2D eigenvalue weighted by Crippen LogP contribution is -2.09. The number of aryl methyl sites for hydroxylation is 1. The number of nitrogens with zero attached hydrogens (tertiary/aromatic N) is 3. The van der Waals surface area contributed by atoms with Crippen LogP contribution in [0.3, 0.4) is 0 Å². The Morgan fingerprint density at radius 1 is 1.44 bits per heavy atom. The Morgan fingerprint density at radius 2 is 2.12 bits per heavy atom. The lowest BCUT2D eigenvalue weighted by Gasteiger charge is -2.12. The number of fused-ring (bicyclic) bond motifs is 1. The van der Waals surface area contributed by atoms with Crippen LogP contribution in [-0.4, -0.2) is 29.3 Å². The van der Waals surface area contributed by atoms with E-state index in [0.29, 0.717) is 5.82 Å². The van der Waals surface area contributed by atoms with Gasteiger partial charge in [0.05, 0.1) is 11.2 Å². The van der Waals surface area contributed by atoms with Gasteiger partial charge in [0, 0.05) is 32.9 Å². The summed E-state index contributed by atoms with van der Waals surface area (Å²) < 4.78 is 1.84. The molecule has 4 nitrogen and oxygen atoms in total. The normalized spacial score (nSPS) is 10.8. The minimum absolute atomic E-state index is 0.0132. The molecule has 0 spiro atoms. The molecule has 2 heterocycles. The zero-order valence-electron chi connectivity index (χ0n) is 9.98. The third-order valence-corrected chi connectivity index (χ3v) is 2.64. The molecule has 2 aromatic rings. The highest BCUT2D eigenvalue weighted by Crippen LogP contribution is 2.19. The fourth-order valence-corrected chi connectivity index (χ4v) is 1.75. The number of hydrogen-bond donors (Lipinski definition) is 0. The lowest BCUT2D eigenvalue weighted by atomic mass is 10.3. The number of carbonyl (C=O) groups excluding carboxylic acids is 1. The minimum Gasteiger partial charge on any atom is -0.378 e. The first kappa shape index (κ1) is 10.7. The molecule has 84 valence electrons. The first-order valence-electron chi connectivity index (χ1n) is 5.17. The van der Waals surface area contributed by atoms with Gasteiger partial charge in [0.1, 0.15) is 0 Å². The van der Waals surface area contributed by atoms with Crippen molar-refractivity contribution < 1.29 is 4.79 Å². The highest BCUT2D eigenvalue weighted by atomic mass is 16.1. The van der Waals surface area contributed by atoms with Crippen molar-refractivity contribution in [2.75, 3.05) is 19.0 Å². The molecule has 0 N–H and O–H groups in total. The van der Waals surface area contributed by atoms with Crippen molar-refractivity contribution in [3.63, 3.8) is 0 Å². The molecule has 0 aromatic carbocycles. The summed E-state index contributed by atoms with van der Waals surface area (Å²) in [6.45, 7) is 3.45. The minimum atomic E-state index is -0.0132. The van der Waals surface area contributed by atoms with Crippen LogP contribution in [0, 0.1) is 6.92 Å². The van der Waals surface area contributed by atoms with Crippen LogP contribution in [0.4, 0.5) is 5.69 Å². The number of Topliss-reactive ketones (excluding diaryl/α,β-unsaturated/α-hetero) is 1. The van der Waals surface area contributed by atoms with Crippen LogP contribution in [-0.2, 0) is 0 Å². The van der Waals surface area contributed by atoms with Crippen LogP contribution in [0.25, 0.3) is 5.52 Å². The van der Waals surface area contributed by atoms with Crippen LogP contribution in [0.2, 0.25) is 0 Å². The zero-order valence-corrected chi connectivity index (χ0v) is 9.98. The number of aromatic nitrogens is 2. The van der Waals surface area contributed by atoms with E-state index in [1.807, 2.05) is 48.6 Å². The highest BCUT2D eigenvalue weighted by Gasteiger charge is 2.12. The van der Waals surface area contributed by atoms with Crippen molar-refractivity contribution in [1.29, 1.82) is 0 Å². The molecule has 2 aromatic heterocycles. The van der Waals surface area contributed by atoms with Gasteiger partial charge in [-0.15, -0.1) is 0 Å². The molecule has 16 heavy (non-hydrogen) atoms. The maximum Gasteiger partial charge on any atom is 0.195 e. The summed E-state index contributed by atoms with van der Waals surface area (Å²) in [5.74, 6) is 0.485. The van der Waals surface area contributed by atoms with E-state index in [1.165, 1.54) is 6.92 Å². The molecular weight excluding hydrogens is 202 g/mol. The van der Waals surface area contributed by atoms with Gasteiger partial charge < -0.3 is 4.90 Å². The number of anilines is 1. The van der Waals surface area contributed by atoms with Gasteiger partial charge in [-0.05, 0) is 19.1 Å². The van der Waals surface area contributed by atoms with E-state index in [-0.39, 0.29) is 5.78 Å². The summed E-state index contributed by atoms with van der Waals surface area (Å²) in [5, 5.41) is 0. The Kier molecular flexibility index (Phi) is 2.42. The van der Waals surface area contributed by atoms with E-state index < -0.39 is 0 Å². The molecule has 0 aliphatic rings. The lowest BCUT2D eigenvalue weighted by molar-refractivity contribution is 0.100. The SMILES string of the molecule is CC(=O)c1nc(C)c2cc(N(C)C)ccn12. The fraction of sp³-hybridized carbons (Fsp3) is 0.333. The Labute approximate surface area is 94.5 Å². The molecular formula is C12H15N3O. The predicted molar refractivity (Wildman–Crippen MR) is 64.3 cm³/mol. The largest absolute Gasteiger partial charge is 0.378 e. The third kappa shape index (κ3) is 1.56. The number of ketones is 1. The maximum atomic E-state index is 11.4. The van der Waals surface area contributed by atoms with Gasteiger partial charge in [0.25, 0.3) is 0 Å². The van der Waals surface area contributed by atoms with Crippen LogP contribution in [0.15, 0.2) is 18.3 Å². The highest BCUT2D eigenvalue weighted by molar-refractivity contribution is 5.92. The summed E-state index contributed by atoms with van der Waals surface area (Å²) in [6, 6.07) is 4.01. The Balaban J connectivity index is 2.71. The molecule has 0 fully saturated rings. The van der Waals surface area contributed by atoms with Gasteiger partial charge in [-0.25, -0.2) is 4.98 Å². The molecule has 0 saturated heterocycles. The first-order chi connectivity index (χ1) is 7.50. The van der Waals surface area contributed by atoms with Gasteiger partial charge in [-0.1, -0.05) is 0 Å². The number of pyridine rings is 1. The number of hydrogen-bond acceptors (Lipinski definition) is 3. The van der Waals surface area contributed by atoms with Gasteiger partial charge >= 0.3 is 0 Å². The average molecular weight is 217 g/mol. The van der Waals surface area contributed by atoms with Gasteiger partial charge in [0.15, 0.2) is 11.6 Å². The molecule has 0 aliphatic carbocycles. The van der Waals surface area contributed by atoms with Crippen LogP contribution in [0.5, 0.6) is 0 Å². The number of carbonyl (C=O) groups is 1. The Hall–Kier alpha value is -1.84. The molecule has 0 aliphatic heterocycles. The molecule has 0 amide bonds. The maximum absolute atomic E-state index is 11.4. The Bertz CT molecular complexity index is 555. The molecule has 0 atom stereocenters. The van der Waals surface area contributed by atoms with E-state index in [0.717, 1.165) is 16.9 Å². The second-order valence-electron chi connectivity index (χ2n) is 4.11. The van der Waals surface area contributed by atoms with Crippen molar-refractivity contribution in [2.45, 2.75) is 13.8 Å². The van der Waals surface area contributed by atoms with Gasteiger partial charge in [-0.3, -0.25) is 9.20 Å². The summed E-state index contributed by atoms with van der Waals surface area (Å²) in [5.41, 5.74) is 2.97. The zero-order chi connectivity index (χ0) is 11.9. The standard InChI is InChI=1S/C12H15N3O/c1-8-11-7-10(14(3)4)5-6-15(11)12(13-8)9(2)16/h5-7H,1-4H3. The van der Waals surface area contributed by atoms with Gasteiger partial charge in [0.2, 0.25) is 0 Å². The first-order valence-corrected chi connectivity index (χ1v) is 5.17. The van der Waals surface area contributed by atoms with Crippen molar-refractivity contribution in [3.05, 3.63) is 29.8 Å². The van der Waals surface area contributed by atoms with E-state index in [9.17, 15) is 4.79 Å². The van der Waals surface area contributed by atoms with E-state index in [4.69, 9.17) is 0 Å². The quantitative estimate of drug-likeness (QED) is 0.721. The molecule has 0 unspecified atom stereocenters. The topological polar surface area (TPSA) is 37.6 Å². The second kappa shape index (κ2) is 3.63. The molecule has 0 bridgehead atoms. The number of rotatable bonds is 2. The monoisotopic (exact) mass is 217 g/mol. The van der Waals surface area contributed by atoms with Crippen molar-refractivity contribution >= 4 is 17.0 Å². The van der Waals surface area contributed by atoms with Crippen molar-refractivity contribution in [1.82, 2.24) is 9.38 Å². The predicted octanol–water partition coefficient (Wildman–Crippen LogP) is 1.91. The van der Waals surface area contributed by atoms with Crippen LogP contribution >= 0.6 is 0 Å². The fourth-order valence-electron chi connectivity index (χ4n) is 1.75. The second-order valence-corrected chi connectivity index (χ2v) is 4.11. The molecule has 0 radical (unpaired) electrons. The van der Waals surface area contributed by atoms with E-state index >= 15 is 0 Å². The van der Waals surface area contributed by atoms with E-state index in [2.05, 4.69) is 4.98 Å². The third-order valence-electron chi connectivity index (χ3n) is 2.64. The van der Waals surface area contributed by atoms with Gasteiger partial charge in [-0.2, -0.15) is 0 Å². The molecule has 2 rings (SSSR count). The molecule has 4 heteroatoms. The summed E-state index contributed by atoms with van der Waals surface area (Å²) in [6.07, 6.45) is 1.89.